The summed E-state index contributed by atoms with van der Waals surface area (Å²) in [5, 5.41) is 0. The Bertz CT molecular complexity index is 742. The summed E-state index contributed by atoms with van der Waals surface area (Å²) in [6, 6.07) is 12.9. The third-order valence-corrected chi connectivity index (χ3v) is 5.98. The van der Waals surface area contributed by atoms with Crippen LogP contribution in [0.25, 0.3) is 0 Å². The van der Waals surface area contributed by atoms with Gasteiger partial charge in [-0.3, -0.25) is 4.79 Å². The molecule has 1 aromatic heterocycles. The topological polar surface area (TPSA) is 25.2 Å². The van der Waals surface area contributed by atoms with Crippen molar-refractivity contribution in [3.05, 3.63) is 59.4 Å². The third-order valence-electron chi connectivity index (χ3n) is 5.98. The van der Waals surface area contributed by atoms with Gasteiger partial charge in [0.15, 0.2) is 0 Å². The van der Waals surface area contributed by atoms with E-state index < -0.39 is 0 Å². The second-order valence-corrected chi connectivity index (χ2v) is 7.61. The van der Waals surface area contributed by atoms with Crippen LogP contribution in [0.1, 0.15) is 61.4 Å². The van der Waals surface area contributed by atoms with E-state index in [0.717, 1.165) is 32.4 Å². The number of aryl methyl sites for hydroxylation is 2. The lowest BCUT2D eigenvalue weighted by atomic mass is 9.87. The van der Waals surface area contributed by atoms with Gasteiger partial charge in [0.1, 0.15) is 0 Å². The van der Waals surface area contributed by atoms with Gasteiger partial charge in [0.05, 0.1) is 6.04 Å². The van der Waals surface area contributed by atoms with Gasteiger partial charge < -0.3 is 9.47 Å². The van der Waals surface area contributed by atoms with E-state index in [9.17, 15) is 4.79 Å². The molecule has 0 bridgehead atoms. The van der Waals surface area contributed by atoms with Crippen LogP contribution in [0, 0.1) is 12.8 Å². The van der Waals surface area contributed by atoms with E-state index in [1.54, 1.807) is 0 Å². The van der Waals surface area contributed by atoms with Crippen LogP contribution in [0.3, 0.4) is 0 Å². The largest absolute Gasteiger partial charge is 0.349 e. The Morgan fingerprint density at radius 2 is 1.76 bits per heavy atom. The zero-order valence-electron chi connectivity index (χ0n) is 15.2. The number of hydrogen-bond donors (Lipinski definition) is 0. The van der Waals surface area contributed by atoms with E-state index in [1.165, 1.54) is 36.1 Å². The van der Waals surface area contributed by atoms with Crippen molar-refractivity contribution in [3.63, 3.8) is 0 Å². The van der Waals surface area contributed by atoms with E-state index in [4.69, 9.17) is 0 Å². The molecule has 4 rings (SSSR count). The Morgan fingerprint density at radius 1 is 0.960 bits per heavy atom. The monoisotopic (exact) mass is 336 g/mol. The Hall–Kier alpha value is -2.03. The van der Waals surface area contributed by atoms with Gasteiger partial charge in [-0.2, -0.15) is 0 Å². The summed E-state index contributed by atoms with van der Waals surface area (Å²) >= 11 is 0. The molecular weight excluding hydrogens is 308 g/mol. The number of fused-ring (bicyclic) bond motifs is 1. The van der Waals surface area contributed by atoms with Crippen molar-refractivity contribution in [1.29, 1.82) is 0 Å². The third kappa shape index (κ3) is 3.12. The lowest BCUT2D eigenvalue weighted by molar-refractivity contribution is -0.138. The Balaban J connectivity index is 1.75. The molecule has 3 nitrogen and oxygen atoms in total. The quantitative estimate of drug-likeness (QED) is 0.780. The molecule has 1 aliphatic carbocycles. The molecule has 2 aliphatic rings. The second kappa shape index (κ2) is 7.07. The summed E-state index contributed by atoms with van der Waals surface area (Å²) in [7, 11) is 0. The van der Waals surface area contributed by atoms with Gasteiger partial charge in [-0.1, -0.05) is 43.5 Å². The standard InChI is InChI=1S/C22H28N2O/c1-17-9-5-6-12-19(17)21-20-13-7-14-23(20)15-8-16-24(21)22(25)18-10-3-2-4-11-18/h5-7,9,12-14,18,21H,2-4,8,10-11,15-16H2,1H3. The molecule has 3 heteroatoms. The molecule has 0 saturated heterocycles. The predicted molar refractivity (Wildman–Crippen MR) is 100 cm³/mol. The summed E-state index contributed by atoms with van der Waals surface area (Å²) in [6.07, 6.45) is 9.02. The van der Waals surface area contributed by atoms with Crippen molar-refractivity contribution >= 4 is 5.91 Å². The van der Waals surface area contributed by atoms with Gasteiger partial charge in [0.2, 0.25) is 5.91 Å². The molecule has 2 aromatic rings. The first-order chi connectivity index (χ1) is 12.3. The van der Waals surface area contributed by atoms with Crippen LogP contribution in [-0.2, 0) is 11.3 Å². The molecule has 1 fully saturated rings. The van der Waals surface area contributed by atoms with Gasteiger partial charge in [-0.05, 0) is 49.4 Å². The Labute approximate surface area is 150 Å². The average molecular weight is 336 g/mol. The first kappa shape index (κ1) is 16.4. The molecule has 0 radical (unpaired) electrons. The molecule has 1 atom stereocenters. The van der Waals surface area contributed by atoms with E-state index >= 15 is 0 Å². The molecule has 1 aromatic carbocycles. The molecule has 0 N–H and O–H groups in total. The van der Waals surface area contributed by atoms with Crippen LogP contribution in [-0.4, -0.2) is 21.9 Å². The van der Waals surface area contributed by atoms with Gasteiger partial charge in [0, 0.05) is 30.9 Å². The molecule has 1 amide bonds. The van der Waals surface area contributed by atoms with Crippen LogP contribution in [0.15, 0.2) is 42.6 Å². The number of hydrogen-bond acceptors (Lipinski definition) is 1. The number of rotatable bonds is 2. The molecule has 0 spiro atoms. The second-order valence-electron chi connectivity index (χ2n) is 7.61. The number of carbonyl (C=O) groups excluding carboxylic acids is 1. The Morgan fingerprint density at radius 3 is 2.56 bits per heavy atom. The smallest absolute Gasteiger partial charge is 0.226 e. The van der Waals surface area contributed by atoms with Crippen molar-refractivity contribution in [1.82, 2.24) is 9.47 Å². The SMILES string of the molecule is Cc1ccccc1C1c2cccn2CCCN1C(=O)C1CCCCC1. The first-order valence-electron chi connectivity index (χ1n) is 9.77. The number of amides is 1. The fourth-order valence-corrected chi connectivity index (χ4v) is 4.62. The molecule has 25 heavy (non-hydrogen) atoms. The molecule has 1 aliphatic heterocycles. The van der Waals surface area contributed by atoms with E-state index in [2.05, 4.69) is 59.0 Å². The van der Waals surface area contributed by atoms with Crippen LogP contribution in [0.2, 0.25) is 0 Å². The molecular formula is C22H28N2O. The van der Waals surface area contributed by atoms with Crippen molar-refractivity contribution < 1.29 is 4.79 Å². The Kier molecular flexibility index (Phi) is 4.65. The van der Waals surface area contributed by atoms with Crippen LogP contribution < -0.4 is 0 Å². The average Bonchev–Trinajstić information content (AvgIpc) is 3.03. The van der Waals surface area contributed by atoms with Crippen LogP contribution >= 0.6 is 0 Å². The zero-order chi connectivity index (χ0) is 17.2. The maximum absolute atomic E-state index is 13.4. The van der Waals surface area contributed by atoms with Crippen LogP contribution in [0.5, 0.6) is 0 Å². The first-order valence-corrected chi connectivity index (χ1v) is 9.77. The number of benzene rings is 1. The number of carbonyl (C=O) groups is 1. The highest BCUT2D eigenvalue weighted by atomic mass is 16.2. The minimum absolute atomic E-state index is 0.0492. The highest BCUT2D eigenvalue weighted by molar-refractivity contribution is 5.80. The lowest BCUT2D eigenvalue weighted by Crippen LogP contribution is -2.40. The van der Waals surface area contributed by atoms with Gasteiger partial charge >= 0.3 is 0 Å². The lowest BCUT2D eigenvalue weighted by Gasteiger charge is -2.35. The van der Waals surface area contributed by atoms with Gasteiger partial charge in [-0.15, -0.1) is 0 Å². The fraction of sp³-hybridized carbons (Fsp3) is 0.500. The van der Waals surface area contributed by atoms with Crippen molar-refractivity contribution in [3.8, 4) is 0 Å². The minimum Gasteiger partial charge on any atom is -0.349 e. The van der Waals surface area contributed by atoms with E-state index in [-0.39, 0.29) is 12.0 Å². The number of aromatic nitrogens is 1. The summed E-state index contributed by atoms with van der Waals surface area (Å²) in [6.45, 7) is 4.02. The molecule has 1 unspecified atom stereocenters. The molecule has 132 valence electrons. The maximum Gasteiger partial charge on any atom is 0.226 e. The number of nitrogens with zero attached hydrogens (tertiary/aromatic N) is 2. The van der Waals surface area contributed by atoms with Crippen molar-refractivity contribution in [2.45, 2.75) is 58.0 Å². The highest BCUT2D eigenvalue weighted by Gasteiger charge is 2.35. The normalized spacial score (nSPS) is 21.6. The van der Waals surface area contributed by atoms with Crippen LogP contribution in [0.4, 0.5) is 0 Å². The molecule has 1 saturated carbocycles. The summed E-state index contributed by atoms with van der Waals surface area (Å²) in [5.74, 6) is 0.601. The summed E-state index contributed by atoms with van der Waals surface area (Å²) in [4.78, 5) is 15.6. The summed E-state index contributed by atoms with van der Waals surface area (Å²) < 4.78 is 2.34. The van der Waals surface area contributed by atoms with Gasteiger partial charge in [-0.25, -0.2) is 0 Å². The molecule has 2 heterocycles. The fourth-order valence-electron chi connectivity index (χ4n) is 4.62. The maximum atomic E-state index is 13.4. The van der Waals surface area contributed by atoms with Crippen molar-refractivity contribution in [2.75, 3.05) is 6.54 Å². The van der Waals surface area contributed by atoms with Gasteiger partial charge in [0.25, 0.3) is 0 Å². The van der Waals surface area contributed by atoms with Crippen molar-refractivity contribution in [2.24, 2.45) is 5.92 Å². The van der Waals surface area contributed by atoms with E-state index in [1.807, 2.05) is 0 Å². The highest BCUT2D eigenvalue weighted by Crippen LogP contribution is 2.36. The minimum atomic E-state index is 0.0492. The summed E-state index contributed by atoms with van der Waals surface area (Å²) in [5.41, 5.74) is 3.80. The predicted octanol–water partition coefficient (Wildman–Crippen LogP) is 4.70. The van der Waals surface area contributed by atoms with E-state index in [0.29, 0.717) is 5.91 Å². The zero-order valence-corrected chi connectivity index (χ0v) is 15.2.